The molecule has 0 saturated carbocycles. The summed E-state index contributed by atoms with van der Waals surface area (Å²) in [6, 6.07) is 0. The molecule has 1 rings (SSSR count). The van der Waals surface area contributed by atoms with E-state index in [0.29, 0.717) is 0 Å². The number of hydrogen-bond acceptors (Lipinski definition) is 7. The van der Waals surface area contributed by atoms with E-state index in [9.17, 15) is 0 Å². The molecule has 0 fully saturated rings. The zero-order valence-electron chi connectivity index (χ0n) is 16.0. The van der Waals surface area contributed by atoms with E-state index in [4.69, 9.17) is 0 Å². The van der Waals surface area contributed by atoms with Crippen molar-refractivity contribution in [1.29, 1.82) is 0 Å². The quantitative estimate of drug-likeness (QED) is 0.336. The largest absolute Gasteiger partial charge is 0.243 e. The topological polar surface area (TPSA) is 84.2 Å². The van der Waals surface area contributed by atoms with Gasteiger partial charge in [-0.05, 0) is 32.1 Å². The maximum absolute atomic E-state index is 3.12. The standard InChI is InChI=1S/C18H41N7/c1-2-4-6-8-10-12-14-16-18-20-22-24-25-23-21-19-17-15-13-11-9-7-5-3-1/h9,11,19-25H,1-8,10,12-18H2. The van der Waals surface area contributed by atoms with E-state index >= 15 is 0 Å². The first-order valence-corrected chi connectivity index (χ1v) is 10.4. The summed E-state index contributed by atoms with van der Waals surface area (Å²) in [6.45, 7) is 1.89. The fourth-order valence-electron chi connectivity index (χ4n) is 2.92. The van der Waals surface area contributed by atoms with E-state index in [0.717, 1.165) is 25.9 Å². The van der Waals surface area contributed by atoms with E-state index in [1.165, 1.54) is 77.0 Å². The normalized spacial score (nSPS) is 23.4. The van der Waals surface area contributed by atoms with Crippen LogP contribution in [0.2, 0.25) is 0 Å². The molecule has 0 bridgehead atoms. The van der Waals surface area contributed by atoms with Crippen LogP contribution in [0.5, 0.6) is 0 Å². The molecule has 0 aromatic carbocycles. The van der Waals surface area contributed by atoms with Gasteiger partial charge in [-0.3, -0.25) is 0 Å². The Morgan fingerprint density at radius 3 is 1.36 bits per heavy atom. The van der Waals surface area contributed by atoms with Gasteiger partial charge in [0.1, 0.15) is 0 Å². The summed E-state index contributed by atoms with van der Waals surface area (Å²) in [4.78, 5) is 0. The van der Waals surface area contributed by atoms with Crippen LogP contribution < -0.4 is 38.5 Å². The molecule has 7 heteroatoms. The Bertz CT molecular complexity index is 261. The highest BCUT2D eigenvalue weighted by Crippen LogP contribution is 2.12. The minimum absolute atomic E-state index is 0.921. The van der Waals surface area contributed by atoms with E-state index in [-0.39, 0.29) is 0 Å². The van der Waals surface area contributed by atoms with Gasteiger partial charge in [0.05, 0.1) is 0 Å². The van der Waals surface area contributed by atoms with Gasteiger partial charge in [-0.15, -0.1) is 0 Å². The Morgan fingerprint density at radius 1 is 0.360 bits per heavy atom. The zero-order chi connectivity index (χ0) is 17.7. The molecule has 1 aliphatic rings. The highest BCUT2D eigenvalue weighted by molar-refractivity contribution is 4.81. The highest BCUT2D eigenvalue weighted by Gasteiger charge is 1.94. The van der Waals surface area contributed by atoms with Gasteiger partial charge in [-0.1, -0.05) is 69.9 Å². The van der Waals surface area contributed by atoms with E-state index in [2.05, 4.69) is 50.7 Å². The van der Waals surface area contributed by atoms with E-state index in [1.54, 1.807) is 0 Å². The second-order valence-electron chi connectivity index (χ2n) is 6.77. The average molecular weight is 356 g/mol. The van der Waals surface area contributed by atoms with Crippen LogP contribution in [0.1, 0.15) is 89.9 Å². The SMILES string of the molecule is C1=CCCCNNNNNNNCCCCCCCCCCCCC1. The minimum atomic E-state index is 0.921. The first kappa shape index (κ1) is 22.5. The Hall–Kier alpha value is -0.540. The second-order valence-corrected chi connectivity index (χ2v) is 6.77. The lowest BCUT2D eigenvalue weighted by Gasteiger charge is -2.12. The molecule has 7 N–H and O–H groups in total. The number of hydrazine groups is 6. The third-order valence-corrected chi connectivity index (χ3v) is 4.44. The van der Waals surface area contributed by atoms with Gasteiger partial charge < -0.3 is 0 Å². The molecular weight excluding hydrogens is 314 g/mol. The van der Waals surface area contributed by atoms with Gasteiger partial charge in [0.25, 0.3) is 0 Å². The van der Waals surface area contributed by atoms with Crippen LogP contribution in [0, 0.1) is 0 Å². The molecule has 0 aliphatic carbocycles. The third-order valence-electron chi connectivity index (χ3n) is 4.44. The monoisotopic (exact) mass is 355 g/mol. The van der Waals surface area contributed by atoms with Gasteiger partial charge in [-0.2, -0.15) is 27.7 Å². The van der Waals surface area contributed by atoms with E-state index < -0.39 is 0 Å². The third kappa shape index (κ3) is 18.1. The summed E-state index contributed by atoms with van der Waals surface area (Å²) >= 11 is 0. The van der Waals surface area contributed by atoms with Crippen molar-refractivity contribution in [1.82, 2.24) is 38.5 Å². The lowest BCUT2D eigenvalue weighted by atomic mass is 10.0. The van der Waals surface area contributed by atoms with Gasteiger partial charge in [0, 0.05) is 13.1 Å². The fourth-order valence-corrected chi connectivity index (χ4v) is 2.92. The van der Waals surface area contributed by atoms with Crippen molar-refractivity contribution in [3.63, 3.8) is 0 Å². The first-order valence-electron chi connectivity index (χ1n) is 10.4. The molecule has 0 spiro atoms. The lowest BCUT2D eigenvalue weighted by Crippen LogP contribution is -2.61. The van der Waals surface area contributed by atoms with Crippen molar-refractivity contribution >= 4 is 0 Å². The summed E-state index contributed by atoms with van der Waals surface area (Å²) in [6.07, 6.45) is 23.2. The van der Waals surface area contributed by atoms with Crippen molar-refractivity contribution in [2.24, 2.45) is 0 Å². The number of allylic oxidation sites excluding steroid dienone is 2. The molecule has 0 aromatic heterocycles. The van der Waals surface area contributed by atoms with Crippen LogP contribution in [0.25, 0.3) is 0 Å². The molecule has 0 aromatic rings. The van der Waals surface area contributed by atoms with Gasteiger partial charge in [0.2, 0.25) is 0 Å². The van der Waals surface area contributed by atoms with Crippen LogP contribution in [0.3, 0.4) is 0 Å². The predicted molar refractivity (Wildman–Crippen MR) is 105 cm³/mol. The Labute approximate surface area is 154 Å². The van der Waals surface area contributed by atoms with Gasteiger partial charge in [0.15, 0.2) is 0 Å². The molecule has 25 heavy (non-hydrogen) atoms. The molecule has 7 nitrogen and oxygen atoms in total. The maximum Gasteiger partial charge on any atom is 0.0116 e. The molecular formula is C18H41N7. The molecule has 148 valence electrons. The molecule has 1 heterocycles. The van der Waals surface area contributed by atoms with Crippen LogP contribution >= 0.6 is 0 Å². The summed E-state index contributed by atoms with van der Waals surface area (Å²) in [5.74, 6) is 0. The average Bonchev–Trinajstić information content (AvgIpc) is 2.62. The van der Waals surface area contributed by atoms with Gasteiger partial charge in [-0.25, -0.2) is 10.9 Å². The Morgan fingerprint density at radius 2 is 0.760 bits per heavy atom. The van der Waals surface area contributed by atoms with Crippen LogP contribution in [-0.4, -0.2) is 13.1 Å². The molecule has 0 amide bonds. The lowest BCUT2D eigenvalue weighted by molar-refractivity contribution is 0.271. The second kappa shape index (κ2) is 19.8. The number of rotatable bonds is 0. The van der Waals surface area contributed by atoms with Gasteiger partial charge >= 0.3 is 0 Å². The van der Waals surface area contributed by atoms with Crippen LogP contribution in [-0.2, 0) is 0 Å². The summed E-state index contributed by atoms with van der Waals surface area (Å²) < 4.78 is 0. The number of nitrogens with one attached hydrogen (secondary N) is 7. The molecule has 0 saturated heterocycles. The van der Waals surface area contributed by atoms with Crippen LogP contribution in [0.4, 0.5) is 0 Å². The molecule has 0 atom stereocenters. The number of hydrogen-bond donors (Lipinski definition) is 7. The Kier molecular flexibility index (Phi) is 17.8. The van der Waals surface area contributed by atoms with Crippen molar-refractivity contribution in [2.45, 2.75) is 89.9 Å². The smallest absolute Gasteiger partial charge is 0.0116 e. The summed E-state index contributed by atoms with van der Waals surface area (Å²) in [7, 11) is 0. The van der Waals surface area contributed by atoms with Crippen molar-refractivity contribution in [3.05, 3.63) is 12.2 Å². The molecule has 0 radical (unpaired) electrons. The summed E-state index contributed by atoms with van der Waals surface area (Å²) in [5, 5.41) is 0. The highest BCUT2D eigenvalue weighted by atomic mass is 15.9. The summed E-state index contributed by atoms with van der Waals surface area (Å²) in [5.41, 5.74) is 20.4. The molecule has 0 unspecified atom stereocenters. The minimum Gasteiger partial charge on any atom is -0.243 e. The maximum atomic E-state index is 3.12. The van der Waals surface area contributed by atoms with Crippen molar-refractivity contribution in [2.75, 3.05) is 13.1 Å². The van der Waals surface area contributed by atoms with Crippen molar-refractivity contribution in [3.8, 4) is 0 Å². The Balaban J connectivity index is 2.04. The fraction of sp³-hybridized carbons (Fsp3) is 0.889. The van der Waals surface area contributed by atoms with E-state index in [1.807, 2.05) is 0 Å². The van der Waals surface area contributed by atoms with Crippen LogP contribution in [0.15, 0.2) is 12.2 Å². The van der Waals surface area contributed by atoms with Crippen molar-refractivity contribution < 1.29 is 0 Å². The molecule has 1 aliphatic heterocycles. The zero-order valence-corrected chi connectivity index (χ0v) is 16.0. The first-order chi connectivity index (χ1) is 12.5. The predicted octanol–water partition coefficient (Wildman–Crippen LogP) is 2.63.